The van der Waals surface area contributed by atoms with Crippen molar-refractivity contribution in [2.24, 2.45) is 5.92 Å². The van der Waals surface area contributed by atoms with Crippen LogP contribution in [0, 0.1) is 12.8 Å². The van der Waals surface area contributed by atoms with Crippen LogP contribution >= 0.6 is 0 Å². The van der Waals surface area contributed by atoms with E-state index in [0.29, 0.717) is 26.1 Å². The molecule has 2 heterocycles. The first-order chi connectivity index (χ1) is 12.5. The Bertz CT molecular complexity index is 754. The largest absolute Gasteiger partial charge is 0.338 e. The predicted molar refractivity (Wildman–Crippen MR) is 96.1 cm³/mol. The standard InChI is InChI=1S/C20H25N3O3/c1-14-6-2-3-7-16(14)13-22-11-15(10-17(22)24)12-23-18(25)20(21-19(23)26)8-4-5-9-20/h2-3,6-7,15H,4-5,8-13H2,1H3,(H,21,26). The number of amides is 4. The summed E-state index contributed by atoms with van der Waals surface area (Å²) >= 11 is 0. The predicted octanol–water partition coefficient (Wildman–Crippen LogP) is 2.21. The van der Waals surface area contributed by atoms with E-state index in [4.69, 9.17) is 0 Å². The summed E-state index contributed by atoms with van der Waals surface area (Å²) in [5.41, 5.74) is 1.64. The second kappa shape index (κ2) is 6.41. The van der Waals surface area contributed by atoms with Crippen molar-refractivity contribution in [2.75, 3.05) is 13.1 Å². The highest BCUT2D eigenvalue weighted by Crippen LogP contribution is 2.36. The highest BCUT2D eigenvalue weighted by atomic mass is 16.2. The number of aryl methyl sites for hydroxylation is 1. The third-order valence-electron chi connectivity index (χ3n) is 6.06. The van der Waals surface area contributed by atoms with Crippen molar-refractivity contribution < 1.29 is 14.4 Å². The quantitative estimate of drug-likeness (QED) is 0.842. The van der Waals surface area contributed by atoms with Gasteiger partial charge in [0.2, 0.25) is 5.91 Å². The number of nitrogens with one attached hydrogen (secondary N) is 1. The summed E-state index contributed by atoms with van der Waals surface area (Å²) in [6, 6.07) is 7.76. The van der Waals surface area contributed by atoms with Crippen LogP contribution in [0.3, 0.4) is 0 Å². The number of carbonyl (C=O) groups is 3. The molecule has 1 atom stereocenters. The fraction of sp³-hybridized carbons (Fsp3) is 0.550. The third kappa shape index (κ3) is 2.87. The van der Waals surface area contributed by atoms with E-state index in [1.54, 1.807) is 0 Å². The summed E-state index contributed by atoms with van der Waals surface area (Å²) in [6.45, 7) is 3.56. The van der Waals surface area contributed by atoms with Crippen LogP contribution in [0.1, 0.15) is 43.2 Å². The van der Waals surface area contributed by atoms with Gasteiger partial charge >= 0.3 is 6.03 Å². The molecule has 138 valence electrons. The fourth-order valence-electron chi connectivity index (χ4n) is 4.54. The van der Waals surface area contributed by atoms with Gasteiger partial charge in [-0.25, -0.2) is 4.79 Å². The Morgan fingerprint density at radius 3 is 2.62 bits per heavy atom. The highest BCUT2D eigenvalue weighted by Gasteiger charge is 2.53. The van der Waals surface area contributed by atoms with Crippen molar-refractivity contribution in [3.63, 3.8) is 0 Å². The molecule has 0 radical (unpaired) electrons. The van der Waals surface area contributed by atoms with Gasteiger partial charge in [0.1, 0.15) is 5.54 Å². The van der Waals surface area contributed by atoms with Crippen molar-refractivity contribution in [1.29, 1.82) is 0 Å². The topological polar surface area (TPSA) is 69.7 Å². The van der Waals surface area contributed by atoms with Gasteiger partial charge in [-0.1, -0.05) is 37.1 Å². The van der Waals surface area contributed by atoms with Crippen LogP contribution in [0.25, 0.3) is 0 Å². The van der Waals surface area contributed by atoms with Gasteiger partial charge in [0, 0.05) is 32.0 Å². The minimum Gasteiger partial charge on any atom is -0.338 e. The zero-order chi connectivity index (χ0) is 18.3. The Morgan fingerprint density at radius 2 is 1.88 bits per heavy atom. The Kier molecular flexibility index (Phi) is 4.21. The minimum absolute atomic E-state index is 0.0118. The normalized spacial score (nSPS) is 24.8. The van der Waals surface area contributed by atoms with Crippen LogP contribution in [-0.4, -0.2) is 46.3 Å². The minimum atomic E-state index is -0.666. The number of carbonyl (C=O) groups excluding carboxylic acids is 3. The third-order valence-corrected chi connectivity index (χ3v) is 6.06. The molecule has 1 unspecified atom stereocenters. The van der Waals surface area contributed by atoms with Gasteiger partial charge in [0.15, 0.2) is 0 Å². The molecule has 26 heavy (non-hydrogen) atoms. The molecule has 0 bridgehead atoms. The van der Waals surface area contributed by atoms with Crippen molar-refractivity contribution in [3.8, 4) is 0 Å². The molecule has 6 nitrogen and oxygen atoms in total. The van der Waals surface area contributed by atoms with E-state index in [1.165, 1.54) is 10.5 Å². The van der Waals surface area contributed by atoms with Crippen LogP contribution in [-0.2, 0) is 16.1 Å². The number of hydrogen-bond donors (Lipinski definition) is 1. The summed E-state index contributed by atoms with van der Waals surface area (Å²) < 4.78 is 0. The van der Waals surface area contributed by atoms with Crippen molar-refractivity contribution >= 4 is 17.8 Å². The number of nitrogens with zero attached hydrogens (tertiary/aromatic N) is 2. The Morgan fingerprint density at radius 1 is 1.15 bits per heavy atom. The summed E-state index contributed by atoms with van der Waals surface area (Å²) in [5, 5.41) is 2.91. The molecule has 2 saturated heterocycles. The van der Waals surface area contributed by atoms with Gasteiger partial charge in [-0.15, -0.1) is 0 Å². The molecular weight excluding hydrogens is 330 g/mol. The molecule has 1 aromatic rings. The first-order valence-electron chi connectivity index (χ1n) is 9.45. The van der Waals surface area contributed by atoms with Gasteiger partial charge in [-0.3, -0.25) is 14.5 Å². The highest BCUT2D eigenvalue weighted by molar-refractivity contribution is 6.07. The van der Waals surface area contributed by atoms with E-state index in [-0.39, 0.29) is 23.8 Å². The molecule has 6 heteroatoms. The molecule has 4 amide bonds. The van der Waals surface area contributed by atoms with Crippen molar-refractivity contribution in [3.05, 3.63) is 35.4 Å². The maximum Gasteiger partial charge on any atom is 0.325 e. The summed E-state index contributed by atoms with van der Waals surface area (Å²) in [5.74, 6) is 0.0171. The van der Waals surface area contributed by atoms with E-state index in [0.717, 1.165) is 31.2 Å². The number of likely N-dealkylation sites (tertiary alicyclic amines) is 1. The van der Waals surface area contributed by atoms with Gasteiger partial charge in [0.05, 0.1) is 0 Å². The van der Waals surface area contributed by atoms with Gasteiger partial charge in [-0.2, -0.15) is 0 Å². The summed E-state index contributed by atoms with van der Waals surface area (Å²) in [4.78, 5) is 40.7. The van der Waals surface area contributed by atoms with Crippen LogP contribution < -0.4 is 5.32 Å². The molecule has 3 fully saturated rings. The molecule has 2 aliphatic heterocycles. The Balaban J connectivity index is 1.41. The van der Waals surface area contributed by atoms with Gasteiger partial charge in [0.25, 0.3) is 5.91 Å². The van der Waals surface area contributed by atoms with E-state index >= 15 is 0 Å². The van der Waals surface area contributed by atoms with Crippen LogP contribution in [0.15, 0.2) is 24.3 Å². The maximum absolute atomic E-state index is 12.8. The van der Waals surface area contributed by atoms with Crippen molar-refractivity contribution in [2.45, 2.75) is 51.1 Å². The molecule has 1 aliphatic carbocycles. The Hall–Kier alpha value is -2.37. The van der Waals surface area contributed by atoms with Gasteiger partial charge in [-0.05, 0) is 30.9 Å². The first kappa shape index (κ1) is 17.1. The lowest BCUT2D eigenvalue weighted by Crippen LogP contribution is -2.44. The average molecular weight is 355 g/mol. The monoisotopic (exact) mass is 355 g/mol. The van der Waals surface area contributed by atoms with E-state index in [1.807, 2.05) is 36.1 Å². The van der Waals surface area contributed by atoms with Crippen LogP contribution in [0.2, 0.25) is 0 Å². The zero-order valence-electron chi connectivity index (χ0n) is 15.2. The van der Waals surface area contributed by atoms with Crippen LogP contribution in [0.4, 0.5) is 4.79 Å². The Labute approximate surface area is 153 Å². The number of hydrogen-bond acceptors (Lipinski definition) is 3. The lowest BCUT2D eigenvalue weighted by atomic mass is 9.97. The molecule has 0 aromatic heterocycles. The van der Waals surface area contributed by atoms with Gasteiger partial charge < -0.3 is 10.2 Å². The van der Waals surface area contributed by atoms with E-state index < -0.39 is 5.54 Å². The second-order valence-corrected chi connectivity index (χ2v) is 7.91. The lowest BCUT2D eigenvalue weighted by molar-refractivity contribution is -0.132. The second-order valence-electron chi connectivity index (χ2n) is 7.91. The number of urea groups is 1. The number of benzene rings is 1. The van der Waals surface area contributed by atoms with E-state index in [9.17, 15) is 14.4 Å². The van der Waals surface area contributed by atoms with Crippen molar-refractivity contribution in [1.82, 2.24) is 15.1 Å². The number of imide groups is 1. The first-order valence-corrected chi connectivity index (χ1v) is 9.45. The average Bonchev–Trinajstić information content (AvgIpc) is 3.27. The molecular formula is C20H25N3O3. The van der Waals surface area contributed by atoms with E-state index in [2.05, 4.69) is 5.32 Å². The molecule has 1 aromatic carbocycles. The molecule has 3 aliphatic rings. The summed E-state index contributed by atoms with van der Waals surface area (Å²) in [6.07, 6.45) is 3.82. The molecule has 1 N–H and O–H groups in total. The maximum atomic E-state index is 12.8. The fourth-order valence-corrected chi connectivity index (χ4v) is 4.54. The SMILES string of the molecule is Cc1ccccc1CN1CC(CN2C(=O)NC3(CCCC3)C2=O)CC1=O. The summed E-state index contributed by atoms with van der Waals surface area (Å²) in [7, 11) is 0. The lowest BCUT2D eigenvalue weighted by Gasteiger charge is -2.22. The molecule has 4 rings (SSSR count). The molecule has 1 spiro atoms. The number of rotatable bonds is 4. The smallest absolute Gasteiger partial charge is 0.325 e. The van der Waals surface area contributed by atoms with Crippen LogP contribution in [0.5, 0.6) is 0 Å². The zero-order valence-corrected chi connectivity index (χ0v) is 15.2. The molecule has 1 saturated carbocycles.